The summed E-state index contributed by atoms with van der Waals surface area (Å²) in [6.45, 7) is 1.72. The zero-order valence-electron chi connectivity index (χ0n) is 13.7. The van der Waals surface area contributed by atoms with Gasteiger partial charge in [-0.25, -0.2) is 4.79 Å². The van der Waals surface area contributed by atoms with Crippen LogP contribution in [0.1, 0.15) is 10.9 Å². The molecule has 1 fully saturated rings. The number of carbonyl (C=O) groups is 1. The lowest BCUT2D eigenvalue weighted by Crippen LogP contribution is -2.34. The highest BCUT2D eigenvalue weighted by Gasteiger charge is 2.32. The monoisotopic (exact) mass is 410 g/mol. The lowest BCUT2D eigenvalue weighted by Gasteiger charge is -2.26. The Morgan fingerprint density at radius 2 is 1.85 bits per heavy atom. The van der Waals surface area contributed by atoms with E-state index in [-0.39, 0.29) is 11.4 Å². The molecule has 0 radical (unpaired) electrons. The summed E-state index contributed by atoms with van der Waals surface area (Å²) < 4.78 is 11.2. The lowest BCUT2D eigenvalue weighted by molar-refractivity contribution is 0.171. The minimum atomic E-state index is -0.232. The van der Waals surface area contributed by atoms with E-state index < -0.39 is 0 Å². The minimum absolute atomic E-state index is 0.105. The van der Waals surface area contributed by atoms with Crippen molar-refractivity contribution in [3.05, 3.63) is 52.0 Å². The van der Waals surface area contributed by atoms with Gasteiger partial charge < -0.3 is 19.7 Å². The molecule has 2 aromatic rings. The van der Waals surface area contributed by atoms with Gasteiger partial charge in [0.05, 0.1) is 15.7 Å². The van der Waals surface area contributed by atoms with E-state index in [1.54, 1.807) is 34.9 Å². The van der Waals surface area contributed by atoms with Gasteiger partial charge in [0, 0.05) is 12.3 Å². The lowest BCUT2D eigenvalue weighted by atomic mass is 10.1. The molecule has 5 nitrogen and oxygen atoms in total. The van der Waals surface area contributed by atoms with Crippen molar-refractivity contribution in [3.63, 3.8) is 0 Å². The van der Waals surface area contributed by atoms with Crippen LogP contribution in [0.25, 0.3) is 0 Å². The fourth-order valence-electron chi connectivity index (χ4n) is 2.96. The normalized spacial score (nSPS) is 18.7. The summed E-state index contributed by atoms with van der Waals surface area (Å²) in [5.74, 6) is 2.31. The molecule has 2 aromatic carbocycles. The van der Waals surface area contributed by atoms with Crippen LogP contribution in [-0.4, -0.2) is 36.4 Å². The molecule has 2 aliphatic heterocycles. The first-order valence-corrected chi connectivity index (χ1v) is 9.97. The maximum atomic E-state index is 12.8. The number of para-hydroxylation sites is 1. The van der Waals surface area contributed by atoms with Crippen LogP contribution in [0.5, 0.6) is 11.5 Å². The Kier molecular flexibility index (Phi) is 5.07. The molecule has 1 atom stereocenters. The highest BCUT2D eigenvalue weighted by molar-refractivity contribution is 7.99. The number of nitrogens with zero attached hydrogens (tertiary/aromatic N) is 1. The number of benzene rings is 2. The maximum absolute atomic E-state index is 12.8. The van der Waals surface area contributed by atoms with Gasteiger partial charge in [0.15, 0.2) is 11.5 Å². The Balaban J connectivity index is 1.56. The topological polar surface area (TPSA) is 50.8 Å². The van der Waals surface area contributed by atoms with Crippen molar-refractivity contribution >= 4 is 46.7 Å². The first-order chi connectivity index (χ1) is 12.6. The van der Waals surface area contributed by atoms with Crippen LogP contribution in [-0.2, 0) is 0 Å². The summed E-state index contributed by atoms with van der Waals surface area (Å²) in [5, 5.41) is 3.55. The SMILES string of the molecule is O=C(Nc1c(Cl)cccc1Cl)N1CCS[C@H]1c1ccc2c(c1)OCCO2. The van der Waals surface area contributed by atoms with Crippen molar-refractivity contribution in [2.75, 3.05) is 30.8 Å². The molecular weight excluding hydrogens is 395 g/mol. The number of ether oxygens (including phenoxy) is 2. The van der Waals surface area contributed by atoms with Crippen molar-refractivity contribution < 1.29 is 14.3 Å². The fraction of sp³-hybridized carbons (Fsp3) is 0.278. The van der Waals surface area contributed by atoms with Crippen molar-refractivity contribution in [1.82, 2.24) is 4.90 Å². The average molecular weight is 411 g/mol. The van der Waals surface area contributed by atoms with Gasteiger partial charge in [0.2, 0.25) is 0 Å². The van der Waals surface area contributed by atoms with Gasteiger partial charge in [-0.1, -0.05) is 35.3 Å². The smallest absolute Gasteiger partial charge is 0.323 e. The van der Waals surface area contributed by atoms with Gasteiger partial charge in [0.1, 0.15) is 18.6 Å². The summed E-state index contributed by atoms with van der Waals surface area (Å²) in [5.41, 5.74) is 1.43. The number of amides is 2. The van der Waals surface area contributed by atoms with Crippen molar-refractivity contribution in [2.45, 2.75) is 5.37 Å². The number of nitrogens with one attached hydrogen (secondary N) is 1. The molecule has 0 spiro atoms. The molecule has 0 bridgehead atoms. The number of thioether (sulfide) groups is 1. The Hall–Kier alpha value is -1.76. The number of carbonyl (C=O) groups excluding carboxylic acids is 1. The molecule has 1 N–H and O–H groups in total. The Bertz CT molecular complexity index is 829. The third-order valence-electron chi connectivity index (χ3n) is 4.20. The first-order valence-electron chi connectivity index (χ1n) is 8.16. The van der Waals surface area contributed by atoms with Crippen LogP contribution in [0.2, 0.25) is 10.0 Å². The van der Waals surface area contributed by atoms with Crippen molar-refractivity contribution in [1.29, 1.82) is 0 Å². The van der Waals surface area contributed by atoms with E-state index in [0.29, 0.717) is 35.5 Å². The molecule has 0 saturated carbocycles. The predicted molar refractivity (Wildman–Crippen MR) is 105 cm³/mol. The van der Waals surface area contributed by atoms with Gasteiger partial charge in [-0.3, -0.25) is 0 Å². The Labute approximate surface area is 165 Å². The molecule has 1 saturated heterocycles. The van der Waals surface area contributed by atoms with Crippen molar-refractivity contribution in [2.24, 2.45) is 0 Å². The van der Waals surface area contributed by atoms with E-state index in [1.807, 2.05) is 18.2 Å². The summed E-state index contributed by atoms with van der Waals surface area (Å²) >= 11 is 14.0. The summed E-state index contributed by atoms with van der Waals surface area (Å²) in [6, 6.07) is 10.7. The largest absolute Gasteiger partial charge is 0.486 e. The summed E-state index contributed by atoms with van der Waals surface area (Å²) in [4.78, 5) is 14.6. The van der Waals surface area contributed by atoms with E-state index in [4.69, 9.17) is 32.7 Å². The summed E-state index contributed by atoms with van der Waals surface area (Å²) in [6.07, 6.45) is 0. The molecule has 0 aliphatic carbocycles. The summed E-state index contributed by atoms with van der Waals surface area (Å²) in [7, 11) is 0. The molecule has 4 rings (SSSR count). The van der Waals surface area contributed by atoms with Gasteiger partial charge in [-0.2, -0.15) is 0 Å². The van der Waals surface area contributed by atoms with Gasteiger partial charge in [-0.15, -0.1) is 11.8 Å². The fourth-order valence-corrected chi connectivity index (χ4v) is 4.70. The van der Waals surface area contributed by atoms with E-state index in [2.05, 4.69) is 5.32 Å². The standard InChI is InChI=1S/C18H16Cl2N2O3S/c19-12-2-1-3-13(20)16(12)21-18(23)22-6-9-26-17(22)11-4-5-14-15(10-11)25-8-7-24-14/h1-5,10,17H,6-9H2,(H,21,23)/t17-/m0/s1. The third kappa shape index (κ3) is 3.41. The second kappa shape index (κ2) is 7.47. The highest BCUT2D eigenvalue weighted by atomic mass is 35.5. The molecule has 2 amide bonds. The van der Waals surface area contributed by atoms with Crippen molar-refractivity contribution in [3.8, 4) is 11.5 Å². The first kappa shape index (κ1) is 17.6. The van der Waals surface area contributed by atoms with Gasteiger partial charge in [0.25, 0.3) is 0 Å². The van der Waals surface area contributed by atoms with E-state index in [1.165, 1.54) is 0 Å². The molecular formula is C18H16Cl2N2O3S. The number of anilines is 1. The zero-order valence-corrected chi connectivity index (χ0v) is 16.0. The second-order valence-electron chi connectivity index (χ2n) is 5.85. The number of halogens is 2. The number of urea groups is 1. The highest BCUT2D eigenvalue weighted by Crippen LogP contribution is 2.42. The number of rotatable bonds is 2. The van der Waals surface area contributed by atoms with Crippen LogP contribution >= 0.6 is 35.0 Å². The van der Waals surface area contributed by atoms with Gasteiger partial charge >= 0.3 is 6.03 Å². The molecule has 2 aliphatic rings. The van der Waals surface area contributed by atoms with E-state index >= 15 is 0 Å². The molecule has 2 heterocycles. The minimum Gasteiger partial charge on any atom is -0.486 e. The van der Waals surface area contributed by atoms with E-state index in [9.17, 15) is 4.79 Å². The van der Waals surface area contributed by atoms with Crippen LogP contribution in [0.3, 0.4) is 0 Å². The molecule has 26 heavy (non-hydrogen) atoms. The molecule has 0 aromatic heterocycles. The Morgan fingerprint density at radius 1 is 1.12 bits per heavy atom. The second-order valence-corrected chi connectivity index (χ2v) is 7.85. The average Bonchev–Trinajstić information content (AvgIpc) is 3.14. The van der Waals surface area contributed by atoms with Crippen LogP contribution in [0, 0.1) is 0 Å². The number of hydrogen-bond donors (Lipinski definition) is 1. The Morgan fingerprint density at radius 3 is 2.62 bits per heavy atom. The number of fused-ring (bicyclic) bond motifs is 1. The molecule has 8 heteroatoms. The van der Waals surface area contributed by atoms with Crippen LogP contribution < -0.4 is 14.8 Å². The van der Waals surface area contributed by atoms with Crippen LogP contribution in [0.4, 0.5) is 10.5 Å². The van der Waals surface area contributed by atoms with Gasteiger partial charge in [-0.05, 0) is 29.8 Å². The quantitative estimate of drug-likeness (QED) is 0.752. The predicted octanol–water partition coefficient (Wildman–Crippen LogP) is 5.04. The van der Waals surface area contributed by atoms with E-state index in [0.717, 1.165) is 22.8 Å². The zero-order chi connectivity index (χ0) is 18.1. The van der Waals surface area contributed by atoms with Crippen LogP contribution in [0.15, 0.2) is 36.4 Å². The molecule has 136 valence electrons. The third-order valence-corrected chi connectivity index (χ3v) is 6.09. The maximum Gasteiger partial charge on any atom is 0.323 e. The number of hydrogen-bond acceptors (Lipinski definition) is 4. The molecule has 0 unspecified atom stereocenters.